The molecule has 31 heavy (non-hydrogen) atoms. The first-order valence-corrected chi connectivity index (χ1v) is 10.7. The molecule has 2 aromatic carbocycles. The number of amides is 1. The van der Waals surface area contributed by atoms with Gasteiger partial charge in [-0.2, -0.15) is 0 Å². The third-order valence-electron chi connectivity index (χ3n) is 5.06. The molecule has 0 bridgehead atoms. The van der Waals surface area contributed by atoms with Crippen molar-refractivity contribution in [2.45, 2.75) is 35.7 Å². The number of sulfone groups is 1. The van der Waals surface area contributed by atoms with E-state index >= 15 is 0 Å². The number of hydrogen-bond donors (Lipinski definition) is 3. The van der Waals surface area contributed by atoms with Crippen molar-refractivity contribution in [1.29, 1.82) is 0 Å². The van der Waals surface area contributed by atoms with Crippen molar-refractivity contribution in [2.75, 3.05) is 6.61 Å². The number of nitrogens with one attached hydrogen (secondary N) is 1. The number of hydroxylamine groups is 1. The zero-order chi connectivity index (χ0) is 22.8. The number of carbonyl (C=O) groups is 2. The molecule has 2 unspecified atom stereocenters. The average Bonchev–Trinajstić information content (AvgIpc) is 2.74. The summed E-state index contributed by atoms with van der Waals surface area (Å²) in [6.45, 7) is 1.54. The van der Waals surface area contributed by atoms with Crippen molar-refractivity contribution in [3.63, 3.8) is 0 Å². The van der Waals surface area contributed by atoms with E-state index in [1.54, 1.807) is 13.0 Å². The van der Waals surface area contributed by atoms with Gasteiger partial charge in [0.15, 0.2) is 9.84 Å². The van der Waals surface area contributed by atoms with Crippen LogP contribution in [0.15, 0.2) is 47.4 Å². The summed E-state index contributed by atoms with van der Waals surface area (Å²) in [6, 6.07) is 9.42. The standard InChI is InChI=1S/C20H20FNO8S/c1-12-10-14(21)3-2-13(12)11-30-15-4-6-16(7-5-15)31(27,28)17-8-9-29-19(24)20(17,25)18(23)22-26/h2-7,10,17,25-26H,8-9,11H2,1H3,(H,22,23). The number of halogens is 1. The molecule has 1 aliphatic heterocycles. The maximum absolute atomic E-state index is 13.2. The lowest BCUT2D eigenvalue weighted by atomic mass is 9.94. The summed E-state index contributed by atoms with van der Waals surface area (Å²) >= 11 is 0. The van der Waals surface area contributed by atoms with Gasteiger partial charge in [-0.3, -0.25) is 10.0 Å². The van der Waals surface area contributed by atoms with E-state index in [2.05, 4.69) is 4.74 Å². The van der Waals surface area contributed by atoms with Crippen LogP contribution in [0.1, 0.15) is 17.5 Å². The minimum absolute atomic E-state index is 0.128. The molecular weight excluding hydrogens is 433 g/mol. The average molecular weight is 453 g/mol. The third-order valence-corrected chi connectivity index (χ3v) is 7.32. The second-order valence-corrected chi connectivity index (χ2v) is 9.13. The zero-order valence-corrected chi connectivity index (χ0v) is 17.2. The van der Waals surface area contributed by atoms with Crippen LogP contribution in [-0.2, 0) is 30.8 Å². The Morgan fingerprint density at radius 2 is 1.97 bits per heavy atom. The molecule has 1 fully saturated rings. The fraction of sp³-hybridized carbons (Fsp3) is 0.300. The van der Waals surface area contributed by atoms with Crippen molar-refractivity contribution < 1.29 is 42.2 Å². The predicted octanol–water partition coefficient (Wildman–Crippen LogP) is 1.04. The zero-order valence-electron chi connectivity index (χ0n) is 16.4. The van der Waals surface area contributed by atoms with Crippen LogP contribution in [0.25, 0.3) is 0 Å². The molecule has 0 radical (unpaired) electrons. The van der Waals surface area contributed by atoms with E-state index in [0.29, 0.717) is 11.3 Å². The Kier molecular flexibility index (Phi) is 6.30. The fourth-order valence-electron chi connectivity index (χ4n) is 3.28. The Morgan fingerprint density at radius 3 is 2.58 bits per heavy atom. The van der Waals surface area contributed by atoms with Crippen molar-refractivity contribution in [3.05, 3.63) is 59.4 Å². The van der Waals surface area contributed by atoms with Gasteiger partial charge in [-0.1, -0.05) is 6.07 Å². The molecular formula is C20H20FNO8S. The molecule has 2 aromatic rings. The highest BCUT2D eigenvalue weighted by atomic mass is 32.2. The minimum atomic E-state index is -4.37. The van der Waals surface area contributed by atoms with Gasteiger partial charge in [0, 0.05) is 6.42 Å². The van der Waals surface area contributed by atoms with Crippen LogP contribution in [0.3, 0.4) is 0 Å². The molecule has 11 heteroatoms. The summed E-state index contributed by atoms with van der Waals surface area (Å²) in [5.41, 5.74) is -0.537. The van der Waals surface area contributed by atoms with E-state index in [0.717, 1.165) is 11.0 Å². The summed E-state index contributed by atoms with van der Waals surface area (Å²) in [6.07, 6.45) is -0.347. The topological polar surface area (TPSA) is 139 Å². The van der Waals surface area contributed by atoms with Crippen molar-refractivity contribution in [3.8, 4) is 5.75 Å². The minimum Gasteiger partial charge on any atom is -0.489 e. The second-order valence-electron chi connectivity index (χ2n) is 7.00. The summed E-state index contributed by atoms with van der Waals surface area (Å²) in [5.74, 6) is -3.10. The maximum atomic E-state index is 13.2. The first kappa shape index (κ1) is 22.7. The summed E-state index contributed by atoms with van der Waals surface area (Å²) in [7, 11) is -4.37. The van der Waals surface area contributed by atoms with Gasteiger partial charge in [0.05, 0.1) is 11.5 Å². The molecule has 1 saturated heterocycles. The smallest absolute Gasteiger partial charge is 0.349 e. The van der Waals surface area contributed by atoms with E-state index in [-0.39, 0.29) is 30.3 Å². The molecule has 0 aliphatic carbocycles. The number of hydrogen-bond acceptors (Lipinski definition) is 8. The molecule has 2 atom stereocenters. The normalized spacial score (nSPS) is 21.3. The lowest BCUT2D eigenvalue weighted by molar-refractivity contribution is -0.181. The molecule has 0 aromatic heterocycles. The molecule has 0 saturated carbocycles. The lowest BCUT2D eigenvalue weighted by Crippen LogP contribution is -2.65. The first-order chi connectivity index (χ1) is 14.6. The number of aliphatic hydroxyl groups is 1. The summed E-state index contributed by atoms with van der Waals surface area (Å²) in [4.78, 5) is 23.6. The van der Waals surface area contributed by atoms with Gasteiger partial charge >= 0.3 is 5.97 Å². The molecule has 1 heterocycles. The highest BCUT2D eigenvalue weighted by Crippen LogP contribution is 2.32. The highest BCUT2D eigenvalue weighted by Gasteiger charge is 2.60. The largest absolute Gasteiger partial charge is 0.489 e. The van der Waals surface area contributed by atoms with E-state index < -0.39 is 32.6 Å². The Bertz CT molecular complexity index is 1090. The summed E-state index contributed by atoms with van der Waals surface area (Å²) in [5, 5.41) is 17.5. The highest BCUT2D eigenvalue weighted by molar-refractivity contribution is 7.92. The third kappa shape index (κ3) is 4.24. The van der Waals surface area contributed by atoms with Crippen LogP contribution in [0.4, 0.5) is 4.39 Å². The first-order valence-electron chi connectivity index (χ1n) is 9.16. The predicted molar refractivity (Wildman–Crippen MR) is 103 cm³/mol. The second kappa shape index (κ2) is 8.61. The number of cyclic esters (lactones) is 1. The van der Waals surface area contributed by atoms with Crippen LogP contribution in [-0.4, -0.2) is 48.1 Å². The molecule has 9 nitrogen and oxygen atoms in total. The molecule has 3 rings (SSSR count). The summed E-state index contributed by atoms with van der Waals surface area (Å²) < 4.78 is 49.5. The van der Waals surface area contributed by atoms with Crippen molar-refractivity contribution in [2.24, 2.45) is 0 Å². The van der Waals surface area contributed by atoms with Gasteiger partial charge in [-0.05, 0) is 54.4 Å². The van der Waals surface area contributed by atoms with E-state index in [9.17, 15) is 27.5 Å². The van der Waals surface area contributed by atoms with Crippen LogP contribution >= 0.6 is 0 Å². The molecule has 1 amide bonds. The van der Waals surface area contributed by atoms with Crippen molar-refractivity contribution >= 4 is 21.7 Å². The van der Waals surface area contributed by atoms with Gasteiger partial charge in [0.25, 0.3) is 11.5 Å². The quantitative estimate of drug-likeness (QED) is 0.255. The Morgan fingerprint density at radius 1 is 1.29 bits per heavy atom. The molecule has 166 valence electrons. The lowest BCUT2D eigenvalue weighted by Gasteiger charge is -2.35. The van der Waals surface area contributed by atoms with Gasteiger partial charge in [-0.25, -0.2) is 23.1 Å². The van der Waals surface area contributed by atoms with Crippen LogP contribution in [0.5, 0.6) is 5.75 Å². The number of rotatable bonds is 6. The Hall–Kier alpha value is -3.02. The van der Waals surface area contributed by atoms with Gasteiger partial charge in [-0.15, -0.1) is 0 Å². The Balaban J connectivity index is 1.81. The monoisotopic (exact) mass is 453 g/mol. The fourth-order valence-corrected chi connectivity index (χ4v) is 5.19. The van der Waals surface area contributed by atoms with Gasteiger partial charge in [0.2, 0.25) is 0 Å². The van der Waals surface area contributed by atoms with E-state index in [1.807, 2.05) is 0 Å². The van der Waals surface area contributed by atoms with E-state index in [4.69, 9.17) is 9.94 Å². The number of ether oxygens (including phenoxy) is 2. The number of carbonyl (C=O) groups excluding carboxylic acids is 2. The Labute approximate surface area is 177 Å². The van der Waals surface area contributed by atoms with Crippen LogP contribution < -0.4 is 10.2 Å². The number of benzene rings is 2. The number of esters is 1. The van der Waals surface area contributed by atoms with Crippen LogP contribution in [0, 0.1) is 12.7 Å². The van der Waals surface area contributed by atoms with Crippen molar-refractivity contribution in [1.82, 2.24) is 5.48 Å². The molecule has 0 spiro atoms. The number of aryl methyl sites for hydroxylation is 1. The van der Waals surface area contributed by atoms with Gasteiger partial charge < -0.3 is 14.6 Å². The van der Waals surface area contributed by atoms with E-state index in [1.165, 1.54) is 36.4 Å². The SMILES string of the molecule is Cc1cc(F)ccc1COc1ccc(S(=O)(=O)C2CCOC(=O)C2(O)C(=O)NO)cc1. The molecule has 3 N–H and O–H groups in total. The van der Waals surface area contributed by atoms with Gasteiger partial charge in [0.1, 0.15) is 23.4 Å². The van der Waals surface area contributed by atoms with Crippen LogP contribution in [0.2, 0.25) is 0 Å². The molecule has 1 aliphatic rings. The maximum Gasteiger partial charge on any atom is 0.349 e.